The number of carbonyl (C=O) groups is 1. The summed E-state index contributed by atoms with van der Waals surface area (Å²) in [6, 6.07) is 12.0. The van der Waals surface area contributed by atoms with E-state index in [1.165, 1.54) is 24.6 Å². The number of hydrogen-bond acceptors (Lipinski definition) is 5. The molecule has 24 heavy (non-hydrogen) atoms. The van der Waals surface area contributed by atoms with Crippen molar-refractivity contribution < 1.29 is 13.9 Å². The Labute approximate surface area is 145 Å². The predicted molar refractivity (Wildman–Crippen MR) is 98.1 cm³/mol. The molecule has 1 heterocycles. The monoisotopic (exact) mass is 343 g/mol. The maximum Gasteiger partial charge on any atom is 0.323 e. The Kier molecular flexibility index (Phi) is 4.83. The number of nitrogens with one attached hydrogen (secondary N) is 1. The van der Waals surface area contributed by atoms with Crippen LogP contribution in [0, 0.1) is 12.8 Å². The van der Waals surface area contributed by atoms with Crippen LogP contribution in [0.25, 0.3) is 21.9 Å². The van der Waals surface area contributed by atoms with Crippen LogP contribution in [0.1, 0.15) is 19.4 Å². The number of methoxy groups -OCH3 is 1. The van der Waals surface area contributed by atoms with Crippen LogP contribution in [0.2, 0.25) is 0 Å². The van der Waals surface area contributed by atoms with Crippen molar-refractivity contribution in [2.75, 3.05) is 7.11 Å². The highest BCUT2D eigenvalue weighted by Crippen LogP contribution is 2.32. The Morgan fingerprint density at radius 2 is 1.79 bits per heavy atom. The number of carbonyl (C=O) groups excluding carboxylic acids is 1. The molecule has 1 aromatic heterocycles. The van der Waals surface area contributed by atoms with Crippen molar-refractivity contribution in [2.24, 2.45) is 5.92 Å². The van der Waals surface area contributed by atoms with E-state index in [1.54, 1.807) is 0 Å². The molecule has 1 N–H and O–H groups in total. The van der Waals surface area contributed by atoms with Gasteiger partial charge in [0.25, 0.3) is 0 Å². The van der Waals surface area contributed by atoms with Gasteiger partial charge in [-0.15, -0.1) is 0 Å². The zero-order chi connectivity index (χ0) is 17.3. The highest BCUT2D eigenvalue weighted by atomic mass is 32.2. The lowest BCUT2D eigenvalue weighted by molar-refractivity contribution is -0.143. The Morgan fingerprint density at radius 1 is 1.12 bits per heavy atom. The van der Waals surface area contributed by atoms with Crippen molar-refractivity contribution in [3.8, 4) is 0 Å². The third-order valence-electron chi connectivity index (χ3n) is 4.03. The summed E-state index contributed by atoms with van der Waals surface area (Å²) in [6.45, 7) is 6.02. The molecule has 0 aliphatic carbocycles. The minimum absolute atomic E-state index is 0.142. The van der Waals surface area contributed by atoms with Crippen molar-refractivity contribution in [3.05, 3.63) is 42.0 Å². The number of furan rings is 1. The number of esters is 1. The lowest BCUT2D eigenvalue weighted by Gasteiger charge is -2.18. The second-order valence-electron chi connectivity index (χ2n) is 6.22. The van der Waals surface area contributed by atoms with Gasteiger partial charge in [0.2, 0.25) is 0 Å². The molecule has 3 rings (SSSR count). The summed E-state index contributed by atoms with van der Waals surface area (Å²) in [5.74, 6) is -0.111. The zero-order valence-corrected chi connectivity index (χ0v) is 15.1. The van der Waals surface area contributed by atoms with E-state index >= 15 is 0 Å². The molecular weight excluding hydrogens is 322 g/mol. The van der Waals surface area contributed by atoms with Crippen molar-refractivity contribution in [3.63, 3.8) is 0 Å². The Morgan fingerprint density at radius 3 is 2.46 bits per heavy atom. The molecule has 3 aromatic rings. The second-order valence-corrected chi connectivity index (χ2v) is 7.14. The van der Waals surface area contributed by atoms with E-state index in [1.807, 2.05) is 32.0 Å². The first-order valence-electron chi connectivity index (χ1n) is 7.92. The van der Waals surface area contributed by atoms with E-state index in [4.69, 9.17) is 9.15 Å². The van der Waals surface area contributed by atoms with Gasteiger partial charge in [0.15, 0.2) is 0 Å². The molecular formula is C19H21NO3S. The van der Waals surface area contributed by atoms with Crippen LogP contribution < -0.4 is 4.72 Å². The standard InChI is InChI=1S/C19H21NO3S/c1-11(2)18(19(21)22-4)20-24-13-6-8-15-14-7-5-12(3)9-16(14)23-17(15)10-13/h5-11,18,20H,1-4H3. The van der Waals surface area contributed by atoms with Gasteiger partial charge in [-0.25, -0.2) is 4.72 Å². The first-order chi connectivity index (χ1) is 11.5. The second kappa shape index (κ2) is 6.87. The van der Waals surface area contributed by atoms with E-state index in [0.717, 1.165) is 26.8 Å². The van der Waals surface area contributed by atoms with Gasteiger partial charge in [0, 0.05) is 15.7 Å². The third kappa shape index (κ3) is 3.28. The molecule has 0 bridgehead atoms. The van der Waals surface area contributed by atoms with Gasteiger partial charge in [-0.3, -0.25) is 4.79 Å². The van der Waals surface area contributed by atoms with Crippen LogP contribution in [0.4, 0.5) is 0 Å². The van der Waals surface area contributed by atoms with E-state index < -0.39 is 0 Å². The van der Waals surface area contributed by atoms with Gasteiger partial charge in [-0.1, -0.05) is 26.0 Å². The molecule has 4 nitrogen and oxygen atoms in total. The number of rotatable bonds is 5. The molecule has 0 aliphatic rings. The predicted octanol–water partition coefficient (Wildman–Crippen LogP) is 4.69. The minimum atomic E-state index is -0.353. The normalized spacial score (nSPS) is 12.9. The Hall–Kier alpha value is -1.98. The van der Waals surface area contributed by atoms with Gasteiger partial charge >= 0.3 is 5.97 Å². The fourth-order valence-corrected chi connectivity index (χ4v) is 3.58. The van der Waals surface area contributed by atoms with Crippen LogP contribution in [0.5, 0.6) is 0 Å². The average molecular weight is 343 g/mol. The molecule has 126 valence electrons. The highest BCUT2D eigenvalue weighted by Gasteiger charge is 2.22. The van der Waals surface area contributed by atoms with Gasteiger partial charge in [0.05, 0.1) is 7.11 Å². The number of ether oxygens (including phenoxy) is 1. The lowest BCUT2D eigenvalue weighted by atomic mass is 10.1. The summed E-state index contributed by atoms with van der Waals surface area (Å²) in [5, 5.41) is 2.22. The van der Waals surface area contributed by atoms with Gasteiger partial charge in [0.1, 0.15) is 17.2 Å². The average Bonchev–Trinajstić information content (AvgIpc) is 2.90. The van der Waals surface area contributed by atoms with Crippen LogP contribution in [-0.2, 0) is 9.53 Å². The fraction of sp³-hybridized carbons (Fsp3) is 0.316. The maximum atomic E-state index is 11.8. The van der Waals surface area contributed by atoms with E-state index in [0.29, 0.717) is 0 Å². The van der Waals surface area contributed by atoms with Crippen LogP contribution in [0.15, 0.2) is 45.7 Å². The third-order valence-corrected chi connectivity index (χ3v) is 4.89. The number of fused-ring (bicyclic) bond motifs is 3. The first kappa shape index (κ1) is 16.9. The summed E-state index contributed by atoms with van der Waals surface area (Å²) in [4.78, 5) is 12.8. The molecule has 0 saturated heterocycles. The summed E-state index contributed by atoms with van der Waals surface area (Å²) in [7, 11) is 1.41. The number of hydrogen-bond donors (Lipinski definition) is 1. The van der Waals surface area contributed by atoms with E-state index in [-0.39, 0.29) is 17.9 Å². The molecule has 0 spiro atoms. The maximum absolute atomic E-state index is 11.8. The van der Waals surface area contributed by atoms with E-state index in [2.05, 4.69) is 29.8 Å². The molecule has 0 radical (unpaired) electrons. The fourth-order valence-electron chi connectivity index (χ4n) is 2.64. The molecule has 0 saturated carbocycles. The Balaban J connectivity index is 1.85. The minimum Gasteiger partial charge on any atom is -0.468 e. The molecule has 0 fully saturated rings. The summed E-state index contributed by atoms with van der Waals surface area (Å²) >= 11 is 1.42. The van der Waals surface area contributed by atoms with Crippen molar-refractivity contribution in [1.29, 1.82) is 0 Å². The largest absolute Gasteiger partial charge is 0.468 e. The smallest absolute Gasteiger partial charge is 0.323 e. The lowest BCUT2D eigenvalue weighted by Crippen LogP contribution is -2.37. The Bertz CT molecular complexity index is 885. The summed E-state index contributed by atoms with van der Waals surface area (Å²) in [5.41, 5.74) is 2.92. The zero-order valence-electron chi connectivity index (χ0n) is 14.3. The van der Waals surface area contributed by atoms with Crippen LogP contribution in [0.3, 0.4) is 0 Å². The molecule has 0 aliphatic heterocycles. The quantitative estimate of drug-likeness (QED) is 0.538. The number of aryl methyl sites for hydroxylation is 1. The van der Waals surface area contributed by atoms with E-state index in [9.17, 15) is 4.79 Å². The summed E-state index contributed by atoms with van der Waals surface area (Å²) in [6.07, 6.45) is 0. The molecule has 2 aromatic carbocycles. The SMILES string of the molecule is COC(=O)C(NSc1ccc2c(c1)oc1cc(C)ccc12)C(C)C. The summed E-state index contributed by atoms with van der Waals surface area (Å²) < 4.78 is 14.0. The van der Waals surface area contributed by atoms with Crippen LogP contribution in [-0.4, -0.2) is 19.1 Å². The topological polar surface area (TPSA) is 51.5 Å². The van der Waals surface area contributed by atoms with Crippen molar-refractivity contribution in [1.82, 2.24) is 4.72 Å². The molecule has 1 unspecified atom stereocenters. The first-order valence-corrected chi connectivity index (χ1v) is 8.74. The molecule has 0 amide bonds. The van der Waals surface area contributed by atoms with Crippen molar-refractivity contribution in [2.45, 2.75) is 31.7 Å². The van der Waals surface area contributed by atoms with Crippen LogP contribution >= 0.6 is 11.9 Å². The van der Waals surface area contributed by atoms with Crippen molar-refractivity contribution >= 4 is 39.9 Å². The van der Waals surface area contributed by atoms with Gasteiger partial charge in [-0.2, -0.15) is 0 Å². The number of benzene rings is 2. The van der Waals surface area contributed by atoms with Gasteiger partial charge < -0.3 is 9.15 Å². The van der Waals surface area contributed by atoms with Gasteiger partial charge in [-0.05, 0) is 54.6 Å². The highest BCUT2D eigenvalue weighted by molar-refractivity contribution is 7.97. The molecule has 5 heteroatoms. The molecule has 1 atom stereocenters.